The Labute approximate surface area is 242 Å². The predicted octanol–water partition coefficient (Wildman–Crippen LogP) is 6.20. The molecule has 1 fully saturated rings. The summed E-state index contributed by atoms with van der Waals surface area (Å²) in [5.41, 5.74) is 4.84. The highest BCUT2D eigenvalue weighted by molar-refractivity contribution is 7.10. The third-order valence-electron chi connectivity index (χ3n) is 6.93. The molecule has 4 aromatic heterocycles. The van der Waals surface area contributed by atoms with Crippen LogP contribution in [0.4, 0.5) is 10.8 Å². The largest absolute Gasteiger partial charge is 0.357 e. The molecule has 0 atom stereocenters. The molecule has 40 heavy (non-hydrogen) atoms. The van der Waals surface area contributed by atoms with Gasteiger partial charge in [0.05, 0.1) is 29.5 Å². The number of carbonyl (C=O) groups is 1. The smallest absolute Gasteiger partial charge is 0.207 e. The first-order valence-electron chi connectivity index (χ1n) is 14.1. The van der Waals surface area contributed by atoms with Crippen LogP contribution in [0.2, 0.25) is 0 Å². The zero-order valence-corrected chi connectivity index (χ0v) is 26.0. The van der Waals surface area contributed by atoms with Crippen LogP contribution in [-0.4, -0.2) is 58.4 Å². The van der Waals surface area contributed by atoms with Crippen LogP contribution in [0.25, 0.3) is 16.9 Å². The van der Waals surface area contributed by atoms with Crippen molar-refractivity contribution < 1.29 is 4.79 Å². The summed E-state index contributed by atoms with van der Waals surface area (Å²) in [4.78, 5) is 21.2. The monoisotopic (exact) mass is 567 g/mol. The van der Waals surface area contributed by atoms with E-state index in [2.05, 4.69) is 80.8 Å². The maximum atomic E-state index is 9.50. The number of rotatable bonds is 10. The minimum atomic E-state index is 0.148. The third-order valence-corrected chi connectivity index (χ3v) is 7.67. The number of fused-ring (bicyclic) bond motifs is 1. The molecule has 0 unspecified atom stereocenters. The van der Waals surface area contributed by atoms with Crippen LogP contribution in [0.1, 0.15) is 79.1 Å². The van der Waals surface area contributed by atoms with Crippen LogP contribution in [0.3, 0.4) is 0 Å². The molecule has 0 aromatic carbocycles. The molecule has 11 heteroatoms. The number of anilines is 2. The number of hydrogen-bond acceptors (Lipinski definition) is 8. The van der Waals surface area contributed by atoms with E-state index in [1.807, 2.05) is 43.8 Å². The van der Waals surface area contributed by atoms with Crippen molar-refractivity contribution in [2.24, 2.45) is 5.92 Å². The minimum absolute atomic E-state index is 0.148. The lowest BCUT2D eigenvalue weighted by molar-refractivity contribution is -0.109. The van der Waals surface area contributed by atoms with E-state index in [1.54, 1.807) is 6.20 Å². The molecule has 1 aliphatic rings. The summed E-state index contributed by atoms with van der Waals surface area (Å²) in [5.74, 6) is 1.81. The minimum Gasteiger partial charge on any atom is -0.357 e. The van der Waals surface area contributed by atoms with Crippen molar-refractivity contribution in [3.63, 3.8) is 0 Å². The Bertz CT molecular complexity index is 1320. The van der Waals surface area contributed by atoms with Crippen LogP contribution < -0.4 is 10.6 Å². The molecule has 0 saturated heterocycles. The van der Waals surface area contributed by atoms with Gasteiger partial charge in [0.25, 0.3) is 0 Å². The van der Waals surface area contributed by atoms with Crippen molar-refractivity contribution >= 4 is 34.4 Å². The normalized spacial score (nSPS) is 13.1. The average Bonchev–Trinajstić information content (AvgIpc) is 3.30. The van der Waals surface area contributed by atoms with Gasteiger partial charge in [-0.1, -0.05) is 33.6 Å². The highest BCUT2D eigenvalue weighted by atomic mass is 32.1. The number of hydrogen-bond donors (Lipinski definition) is 3. The van der Waals surface area contributed by atoms with Gasteiger partial charge in [-0.05, 0) is 71.1 Å². The maximum Gasteiger partial charge on any atom is 0.207 e. The first-order valence-corrected chi connectivity index (χ1v) is 14.9. The predicted molar refractivity (Wildman–Crippen MR) is 164 cm³/mol. The van der Waals surface area contributed by atoms with Crippen LogP contribution in [0.5, 0.6) is 0 Å². The summed E-state index contributed by atoms with van der Waals surface area (Å²) in [5, 5.41) is 13.8. The summed E-state index contributed by atoms with van der Waals surface area (Å²) in [6.45, 7) is 18.9. The second kappa shape index (κ2) is 14.4. The van der Waals surface area contributed by atoms with Gasteiger partial charge in [-0.2, -0.15) is 9.47 Å². The molecule has 4 heterocycles. The highest BCUT2D eigenvalue weighted by Gasteiger charge is 2.24. The maximum absolute atomic E-state index is 9.50. The number of aromatic nitrogens is 6. The van der Waals surface area contributed by atoms with Gasteiger partial charge in [-0.15, -0.1) is 0 Å². The van der Waals surface area contributed by atoms with Crippen molar-refractivity contribution in [2.75, 3.05) is 11.9 Å². The number of imidazole rings is 1. The van der Waals surface area contributed by atoms with Gasteiger partial charge in [0.1, 0.15) is 5.00 Å². The van der Waals surface area contributed by atoms with E-state index in [-0.39, 0.29) is 11.6 Å². The van der Waals surface area contributed by atoms with Crippen LogP contribution in [0.15, 0.2) is 30.9 Å². The lowest BCUT2D eigenvalue weighted by atomic mass is 9.99. The quantitative estimate of drug-likeness (QED) is 0.196. The lowest BCUT2D eigenvalue weighted by Crippen LogP contribution is -2.42. The van der Waals surface area contributed by atoms with E-state index < -0.39 is 0 Å². The van der Waals surface area contributed by atoms with E-state index in [0.717, 1.165) is 64.5 Å². The van der Waals surface area contributed by atoms with Gasteiger partial charge in [-0.3, -0.25) is 19.2 Å². The summed E-state index contributed by atoms with van der Waals surface area (Å²) in [7, 11) is 0. The molecule has 0 aliphatic heterocycles. The first kappa shape index (κ1) is 31.2. The first-order chi connectivity index (χ1) is 19.1. The molecule has 3 N–H and O–H groups in total. The topological polar surface area (TPSA) is 116 Å². The molecule has 10 nitrogen and oxygen atoms in total. The molecular weight excluding hydrogens is 522 g/mol. The van der Waals surface area contributed by atoms with Gasteiger partial charge in [-0.25, -0.2) is 9.97 Å². The van der Waals surface area contributed by atoms with E-state index in [9.17, 15) is 4.79 Å². The SMILES string of the molecule is CC(C)NC=O.CC1CC1.CCN(Cc1cc(Nc2nc(C)cn3c(-c4cn[nH]c4)cnc23)sn1)C(C)(C)CC. The van der Waals surface area contributed by atoms with E-state index >= 15 is 0 Å². The number of carbonyl (C=O) groups excluding carboxylic acids is 1. The number of H-pyrrole nitrogens is 1. The van der Waals surface area contributed by atoms with Crippen LogP contribution in [-0.2, 0) is 11.3 Å². The average molecular weight is 568 g/mol. The Hall–Kier alpha value is -3.31. The van der Waals surface area contributed by atoms with Crippen molar-refractivity contribution in [3.05, 3.63) is 42.2 Å². The lowest BCUT2D eigenvalue weighted by Gasteiger charge is -2.36. The molecule has 0 radical (unpaired) electrons. The third kappa shape index (κ3) is 8.85. The van der Waals surface area contributed by atoms with E-state index in [0.29, 0.717) is 6.41 Å². The molecule has 218 valence electrons. The number of nitrogens with one attached hydrogen (secondary N) is 3. The molecule has 4 aromatic rings. The summed E-state index contributed by atoms with van der Waals surface area (Å²) < 4.78 is 6.71. The fourth-order valence-corrected chi connectivity index (χ4v) is 4.49. The van der Waals surface area contributed by atoms with Crippen LogP contribution in [0, 0.1) is 12.8 Å². The summed E-state index contributed by atoms with van der Waals surface area (Å²) in [6, 6.07) is 2.39. The van der Waals surface area contributed by atoms with Crippen molar-refractivity contribution in [1.29, 1.82) is 0 Å². The van der Waals surface area contributed by atoms with Crippen molar-refractivity contribution in [2.45, 2.75) is 92.8 Å². The molecule has 1 amide bonds. The molecule has 1 aliphatic carbocycles. The highest BCUT2D eigenvalue weighted by Crippen LogP contribution is 2.29. The second-order valence-corrected chi connectivity index (χ2v) is 12.0. The van der Waals surface area contributed by atoms with Gasteiger partial charge < -0.3 is 10.6 Å². The van der Waals surface area contributed by atoms with Gasteiger partial charge in [0.15, 0.2) is 11.5 Å². The fourth-order valence-electron chi connectivity index (χ4n) is 3.83. The summed E-state index contributed by atoms with van der Waals surface area (Å²) >= 11 is 1.45. The Morgan fingerprint density at radius 3 is 2.52 bits per heavy atom. The van der Waals surface area contributed by atoms with Gasteiger partial charge >= 0.3 is 0 Å². The van der Waals surface area contributed by atoms with Crippen molar-refractivity contribution in [1.82, 2.24) is 39.2 Å². The van der Waals surface area contributed by atoms with Gasteiger partial charge in [0.2, 0.25) is 6.41 Å². The summed E-state index contributed by atoms with van der Waals surface area (Å²) in [6.07, 6.45) is 12.2. The number of amides is 1. The van der Waals surface area contributed by atoms with Crippen LogP contribution >= 0.6 is 11.5 Å². The molecular formula is C29H45N9OS. The molecule has 5 rings (SSSR count). The zero-order valence-electron chi connectivity index (χ0n) is 25.2. The van der Waals surface area contributed by atoms with Gasteiger partial charge in [0, 0.05) is 36.1 Å². The standard InChI is InChI=1S/C21H28N8S.C4H9NO.C4H8/c1-6-21(4,5)28(7-2)13-16-8-18(30-27-16)26-19-20-22-11-17(15-9-23-24-10-15)29(20)12-14(3)25-19;1-4(2)5-3-6;1-4-2-3-4/h8-12H,6-7,13H2,1-5H3,(H,23,24)(H,25,26);3-4H,1-2H3,(H,5,6);4H,2-3H2,1H3. The zero-order chi connectivity index (χ0) is 29.3. The Balaban J connectivity index is 0.000000374. The van der Waals surface area contributed by atoms with E-state index in [4.69, 9.17) is 0 Å². The number of nitrogens with zero attached hydrogens (tertiary/aromatic N) is 6. The Morgan fingerprint density at radius 2 is 2.00 bits per heavy atom. The number of aryl methyl sites for hydroxylation is 1. The Morgan fingerprint density at radius 1 is 1.27 bits per heavy atom. The molecule has 0 spiro atoms. The molecule has 1 saturated carbocycles. The van der Waals surface area contributed by atoms with Crippen molar-refractivity contribution in [3.8, 4) is 11.3 Å². The second-order valence-electron chi connectivity index (χ2n) is 11.2. The fraction of sp³-hybridized carbons (Fsp3) is 0.552. The van der Waals surface area contributed by atoms with E-state index in [1.165, 1.54) is 24.4 Å². The Kier molecular flexibility index (Phi) is 11.2. The number of aromatic amines is 1. The molecule has 0 bridgehead atoms.